The first-order valence-corrected chi connectivity index (χ1v) is 4.56. The van der Waals surface area contributed by atoms with Gasteiger partial charge in [-0.05, 0) is 0 Å². The van der Waals surface area contributed by atoms with Gasteiger partial charge in [-0.15, -0.1) is 6.42 Å². The van der Waals surface area contributed by atoms with E-state index in [0.29, 0.717) is 6.26 Å². The Morgan fingerprint density at radius 3 is 2.00 bits per heavy atom. The van der Waals surface area contributed by atoms with Gasteiger partial charge in [0.05, 0.1) is 6.26 Å². The summed E-state index contributed by atoms with van der Waals surface area (Å²) in [4.78, 5) is 0. The van der Waals surface area contributed by atoms with Crippen molar-refractivity contribution in [1.29, 1.82) is 0 Å². The van der Waals surface area contributed by atoms with Crippen LogP contribution in [-0.4, -0.2) is 26.9 Å². The maximum Gasteiger partial charge on any atom is 0.415 e. The lowest BCUT2D eigenvalue weighted by atomic mass is 10.3. The molecule has 0 aromatic rings. The van der Waals surface area contributed by atoms with Crippen LogP contribution in [0.4, 0.5) is 13.2 Å². The molecule has 0 heterocycles. The standard InChI is InChI=1S/C5H6F3NO2S/c1-3-4(5(6,7)8)9-12(2,10)11/h1,4,9H,2H3. The number of sulfonamides is 1. The predicted molar refractivity (Wildman–Crippen MR) is 36.7 cm³/mol. The molecule has 1 atom stereocenters. The van der Waals surface area contributed by atoms with E-state index in [9.17, 15) is 21.6 Å². The van der Waals surface area contributed by atoms with Crippen molar-refractivity contribution >= 4 is 10.0 Å². The number of hydrogen-bond acceptors (Lipinski definition) is 2. The lowest BCUT2D eigenvalue weighted by Crippen LogP contribution is -2.43. The number of halogens is 3. The average molecular weight is 201 g/mol. The highest BCUT2D eigenvalue weighted by Gasteiger charge is 2.40. The zero-order valence-corrected chi connectivity index (χ0v) is 6.83. The van der Waals surface area contributed by atoms with Crippen molar-refractivity contribution in [3.05, 3.63) is 0 Å². The van der Waals surface area contributed by atoms with E-state index < -0.39 is 22.2 Å². The van der Waals surface area contributed by atoms with Crippen molar-refractivity contribution in [2.45, 2.75) is 12.2 Å². The van der Waals surface area contributed by atoms with Gasteiger partial charge >= 0.3 is 6.18 Å². The predicted octanol–water partition coefficient (Wildman–Crippen LogP) is 0.0997. The van der Waals surface area contributed by atoms with Crippen molar-refractivity contribution < 1.29 is 21.6 Å². The fraction of sp³-hybridized carbons (Fsp3) is 0.600. The van der Waals surface area contributed by atoms with E-state index in [-0.39, 0.29) is 0 Å². The van der Waals surface area contributed by atoms with Crippen molar-refractivity contribution in [1.82, 2.24) is 4.72 Å². The summed E-state index contributed by atoms with van der Waals surface area (Å²) in [6.45, 7) is 0. The SMILES string of the molecule is C#CC(NS(C)(=O)=O)C(F)(F)F. The Bertz CT molecular complexity index is 287. The van der Waals surface area contributed by atoms with Crippen LogP contribution in [0.5, 0.6) is 0 Å². The van der Waals surface area contributed by atoms with Crippen molar-refractivity contribution in [3.8, 4) is 12.3 Å². The zero-order valence-electron chi connectivity index (χ0n) is 6.01. The second-order valence-corrected chi connectivity index (χ2v) is 3.81. The third kappa shape index (κ3) is 4.20. The molecule has 0 saturated heterocycles. The lowest BCUT2D eigenvalue weighted by molar-refractivity contribution is -0.138. The highest BCUT2D eigenvalue weighted by Crippen LogP contribution is 2.19. The normalized spacial score (nSPS) is 15.2. The zero-order chi connectivity index (χ0) is 9.99. The Kier molecular flexibility index (Phi) is 3.12. The number of alkyl halides is 3. The van der Waals surface area contributed by atoms with E-state index in [0.717, 1.165) is 0 Å². The average Bonchev–Trinajstić information content (AvgIpc) is 1.78. The van der Waals surface area contributed by atoms with Gasteiger partial charge < -0.3 is 0 Å². The molecule has 1 unspecified atom stereocenters. The van der Waals surface area contributed by atoms with Gasteiger partial charge in [-0.25, -0.2) is 8.42 Å². The van der Waals surface area contributed by atoms with E-state index in [1.54, 1.807) is 0 Å². The molecule has 0 aliphatic rings. The molecule has 0 saturated carbocycles. The second kappa shape index (κ2) is 3.33. The van der Waals surface area contributed by atoms with E-state index in [4.69, 9.17) is 0 Å². The van der Waals surface area contributed by atoms with Gasteiger partial charge in [0.2, 0.25) is 10.0 Å². The van der Waals surface area contributed by atoms with Crippen LogP contribution in [0.25, 0.3) is 0 Å². The Morgan fingerprint density at radius 2 is 1.92 bits per heavy atom. The quantitative estimate of drug-likeness (QED) is 0.644. The Balaban J connectivity index is 4.55. The smallest absolute Gasteiger partial charge is 0.213 e. The number of rotatable bonds is 2. The van der Waals surface area contributed by atoms with Gasteiger partial charge in [-0.2, -0.15) is 17.9 Å². The van der Waals surface area contributed by atoms with Crippen molar-refractivity contribution in [2.24, 2.45) is 0 Å². The fourth-order valence-electron chi connectivity index (χ4n) is 0.409. The van der Waals surface area contributed by atoms with Crippen LogP contribution >= 0.6 is 0 Å². The van der Waals surface area contributed by atoms with E-state index in [1.807, 2.05) is 0 Å². The molecule has 0 amide bonds. The summed E-state index contributed by atoms with van der Waals surface area (Å²) in [6.07, 6.45) is 0.317. The Labute approximate surface area is 68.0 Å². The fourth-order valence-corrected chi connectivity index (χ4v) is 1.04. The van der Waals surface area contributed by atoms with Crippen LogP contribution < -0.4 is 4.72 Å². The molecule has 3 nitrogen and oxygen atoms in total. The summed E-state index contributed by atoms with van der Waals surface area (Å²) in [5.41, 5.74) is 0. The monoisotopic (exact) mass is 201 g/mol. The van der Waals surface area contributed by atoms with Crippen LogP contribution in [0.3, 0.4) is 0 Å². The maximum absolute atomic E-state index is 11.8. The molecule has 0 aliphatic carbocycles. The van der Waals surface area contributed by atoms with Gasteiger partial charge in [0.25, 0.3) is 0 Å². The molecule has 12 heavy (non-hydrogen) atoms. The number of hydrogen-bond donors (Lipinski definition) is 1. The topological polar surface area (TPSA) is 46.2 Å². The van der Waals surface area contributed by atoms with E-state index in [1.165, 1.54) is 10.6 Å². The first kappa shape index (κ1) is 11.3. The van der Waals surface area contributed by atoms with Gasteiger partial charge in [-0.1, -0.05) is 5.92 Å². The van der Waals surface area contributed by atoms with Crippen LogP contribution in [0.2, 0.25) is 0 Å². The molecule has 0 aromatic carbocycles. The summed E-state index contributed by atoms with van der Waals surface area (Å²) in [5.74, 6) is 1.28. The van der Waals surface area contributed by atoms with Crippen LogP contribution in [-0.2, 0) is 10.0 Å². The first-order valence-electron chi connectivity index (χ1n) is 2.67. The minimum Gasteiger partial charge on any atom is -0.213 e. The van der Waals surface area contributed by atoms with Crippen LogP contribution in [0, 0.1) is 12.3 Å². The molecule has 1 N–H and O–H groups in total. The third-order valence-electron chi connectivity index (χ3n) is 0.826. The summed E-state index contributed by atoms with van der Waals surface area (Å²) in [7, 11) is -3.93. The molecule has 0 fully saturated rings. The minimum absolute atomic E-state index is 0.600. The number of nitrogens with one attached hydrogen (secondary N) is 1. The summed E-state index contributed by atoms with van der Waals surface area (Å²) in [5, 5.41) is 0. The molecular weight excluding hydrogens is 195 g/mol. The van der Waals surface area contributed by atoms with Gasteiger partial charge in [-0.3, -0.25) is 0 Å². The Morgan fingerprint density at radius 1 is 1.50 bits per heavy atom. The highest BCUT2D eigenvalue weighted by molar-refractivity contribution is 7.88. The minimum atomic E-state index is -4.75. The highest BCUT2D eigenvalue weighted by atomic mass is 32.2. The molecule has 70 valence electrons. The van der Waals surface area contributed by atoms with Gasteiger partial charge in [0, 0.05) is 0 Å². The Hall–Kier alpha value is -0.740. The van der Waals surface area contributed by atoms with Gasteiger partial charge in [0.1, 0.15) is 0 Å². The van der Waals surface area contributed by atoms with Gasteiger partial charge in [0.15, 0.2) is 6.04 Å². The first-order chi connectivity index (χ1) is 5.17. The van der Waals surface area contributed by atoms with Crippen molar-refractivity contribution in [3.63, 3.8) is 0 Å². The van der Waals surface area contributed by atoms with Crippen LogP contribution in [0.15, 0.2) is 0 Å². The van der Waals surface area contributed by atoms with Crippen molar-refractivity contribution in [2.75, 3.05) is 6.26 Å². The summed E-state index contributed by atoms with van der Waals surface area (Å²) < 4.78 is 57.3. The molecule has 0 bridgehead atoms. The largest absolute Gasteiger partial charge is 0.415 e. The maximum atomic E-state index is 11.8. The van der Waals surface area contributed by atoms with E-state index >= 15 is 0 Å². The molecule has 0 aliphatic heterocycles. The molecular formula is C5H6F3NO2S. The second-order valence-electron chi connectivity index (χ2n) is 2.03. The number of terminal acetylenes is 1. The third-order valence-corrected chi connectivity index (χ3v) is 1.49. The molecule has 0 radical (unpaired) electrons. The molecule has 7 heteroatoms. The molecule has 0 spiro atoms. The summed E-state index contributed by atoms with van der Waals surface area (Å²) in [6, 6.07) is -2.45. The summed E-state index contributed by atoms with van der Waals surface area (Å²) >= 11 is 0. The lowest BCUT2D eigenvalue weighted by Gasteiger charge is -2.14. The van der Waals surface area contributed by atoms with E-state index in [2.05, 4.69) is 6.42 Å². The molecule has 0 rings (SSSR count). The molecule has 0 aromatic heterocycles. The van der Waals surface area contributed by atoms with Crippen LogP contribution in [0.1, 0.15) is 0 Å².